The number of hydrogen-bond donors (Lipinski definition) is 1. The summed E-state index contributed by atoms with van der Waals surface area (Å²) in [6.45, 7) is 4.34. The van der Waals surface area contributed by atoms with Crippen LogP contribution in [0.4, 0.5) is 0 Å². The molecule has 0 fully saturated rings. The van der Waals surface area contributed by atoms with Gasteiger partial charge in [0.15, 0.2) is 5.78 Å². The van der Waals surface area contributed by atoms with Gasteiger partial charge >= 0.3 is 0 Å². The highest BCUT2D eigenvalue weighted by Crippen LogP contribution is 2.25. The van der Waals surface area contributed by atoms with Gasteiger partial charge in [-0.3, -0.25) is 9.78 Å². The minimum Gasteiger partial charge on any atom is -0.294 e. The molecular formula is C16H19NOS. The molecule has 0 bridgehead atoms. The van der Waals surface area contributed by atoms with Crippen molar-refractivity contribution in [2.75, 3.05) is 0 Å². The Kier molecular flexibility index (Phi) is 4.59. The highest BCUT2D eigenvalue weighted by molar-refractivity contribution is 7.80. The van der Waals surface area contributed by atoms with Crippen LogP contribution >= 0.6 is 12.6 Å². The molecule has 2 aromatic rings. The van der Waals surface area contributed by atoms with Gasteiger partial charge in [-0.1, -0.05) is 26.3 Å². The lowest BCUT2D eigenvalue weighted by Gasteiger charge is -2.09. The van der Waals surface area contributed by atoms with Crippen molar-refractivity contribution in [2.24, 2.45) is 5.92 Å². The first-order valence-electron chi connectivity index (χ1n) is 6.73. The van der Waals surface area contributed by atoms with Crippen LogP contribution in [0, 0.1) is 5.92 Å². The molecule has 1 aromatic carbocycles. The van der Waals surface area contributed by atoms with E-state index < -0.39 is 0 Å². The van der Waals surface area contributed by atoms with Crippen LogP contribution in [0.2, 0.25) is 0 Å². The van der Waals surface area contributed by atoms with Gasteiger partial charge in [0.2, 0.25) is 0 Å². The number of fused-ring (bicyclic) bond motifs is 1. The molecule has 1 unspecified atom stereocenters. The number of nitrogens with zero attached hydrogens (tertiary/aromatic N) is 1. The third kappa shape index (κ3) is 3.16. The summed E-state index contributed by atoms with van der Waals surface area (Å²) < 4.78 is 0. The molecule has 2 rings (SSSR count). The lowest BCUT2D eigenvalue weighted by Crippen LogP contribution is -2.03. The van der Waals surface area contributed by atoms with E-state index in [2.05, 4.69) is 31.5 Å². The largest absolute Gasteiger partial charge is 0.294 e. The van der Waals surface area contributed by atoms with Crippen molar-refractivity contribution in [2.45, 2.75) is 38.0 Å². The number of Topliss-reactive ketones (excluding diaryl/α,β-unsaturated/α-hetero) is 1. The quantitative estimate of drug-likeness (QED) is 0.640. The highest BCUT2D eigenvalue weighted by Gasteiger charge is 2.13. The second kappa shape index (κ2) is 6.20. The monoisotopic (exact) mass is 273 g/mol. The van der Waals surface area contributed by atoms with Gasteiger partial charge in [-0.2, -0.15) is 0 Å². The van der Waals surface area contributed by atoms with E-state index in [1.807, 2.05) is 24.3 Å². The fourth-order valence-corrected chi connectivity index (χ4v) is 2.37. The van der Waals surface area contributed by atoms with Crippen LogP contribution in [0.3, 0.4) is 0 Å². The molecule has 0 aliphatic carbocycles. The van der Waals surface area contributed by atoms with Gasteiger partial charge in [-0.25, -0.2) is 0 Å². The summed E-state index contributed by atoms with van der Waals surface area (Å²) >= 11 is 4.39. The zero-order valence-electron chi connectivity index (χ0n) is 11.4. The van der Waals surface area contributed by atoms with Crippen molar-refractivity contribution in [1.82, 2.24) is 4.98 Å². The van der Waals surface area contributed by atoms with Crippen molar-refractivity contribution in [3.63, 3.8) is 0 Å². The van der Waals surface area contributed by atoms with Gasteiger partial charge < -0.3 is 0 Å². The van der Waals surface area contributed by atoms with E-state index in [1.54, 1.807) is 6.20 Å². The number of ketones is 1. The fraction of sp³-hybridized carbons (Fsp3) is 0.375. The van der Waals surface area contributed by atoms with Gasteiger partial charge in [0.1, 0.15) is 0 Å². The van der Waals surface area contributed by atoms with E-state index in [0.29, 0.717) is 12.3 Å². The first-order chi connectivity index (χ1) is 9.13. The average molecular weight is 273 g/mol. The van der Waals surface area contributed by atoms with Crippen LogP contribution in [0.25, 0.3) is 10.9 Å². The van der Waals surface area contributed by atoms with Crippen LogP contribution in [-0.4, -0.2) is 10.8 Å². The number of hydrogen-bond acceptors (Lipinski definition) is 3. The van der Waals surface area contributed by atoms with Gasteiger partial charge in [0.05, 0.1) is 5.52 Å². The zero-order valence-corrected chi connectivity index (χ0v) is 12.3. The minimum atomic E-state index is 0.201. The molecule has 1 aromatic heterocycles. The molecule has 0 aliphatic rings. The van der Waals surface area contributed by atoms with Crippen LogP contribution in [0.1, 0.15) is 43.5 Å². The van der Waals surface area contributed by atoms with Crippen LogP contribution in [-0.2, 0) is 0 Å². The molecule has 100 valence electrons. The number of carbonyl (C=O) groups excluding carboxylic acids is 1. The van der Waals surface area contributed by atoms with E-state index in [1.165, 1.54) is 0 Å². The number of pyridine rings is 1. The number of aromatic nitrogens is 1. The summed E-state index contributed by atoms with van der Waals surface area (Å²) in [6.07, 6.45) is 4.39. The zero-order chi connectivity index (χ0) is 13.8. The van der Waals surface area contributed by atoms with Crippen LogP contribution in [0.5, 0.6) is 0 Å². The summed E-state index contributed by atoms with van der Waals surface area (Å²) in [7, 11) is 0. The molecule has 2 nitrogen and oxygen atoms in total. The number of carbonyl (C=O) groups is 1. The molecule has 19 heavy (non-hydrogen) atoms. The Labute approximate surface area is 119 Å². The van der Waals surface area contributed by atoms with Gasteiger partial charge in [-0.05, 0) is 30.5 Å². The molecule has 1 heterocycles. The molecule has 3 heteroatoms. The molecule has 0 amide bonds. The molecule has 0 saturated carbocycles. The molecule has 0 spiro atoms. The summed E-state index contributed by atoms with van der Waals surface area (Å²) in [6, 6.07) is 7.53. The molecule has 1 atom stereocenters. The second-order valence-electron chi connectivity index (χ2n) is 5.01. The SMILES string of the molecule is CCC(C)CCC(=O)c1ccc(S)c2ncccc12. The topological polar surface area (TPSA) is 30.0 Å². The Balaban J connectivity index is 2.30. The Morgan fingerprint density at radius 3 is 2.89 bits per heavy atom. The predicted molar refractivity (Wildman–Crippen MR) is 82.0 cm³/mol. The maximum atomic E-state index is 12.3. The normalized spacial score (nSPS) is 12.6. The molecule has 0 aliphatic heterocycles. The molecule has 0 N–H and O–H groups in total. The Bertz CT molecular complexity index is 594. The number of thiol groups is 1. The fourth-order valence-electron chi connectivity index (χ4n) is 2.12. The highest BCUT2D eigenvalue weighted by atomic mass is 32.1. The van der Waals surface area contributed by atoms with Crippen molar-refractivity contribution in [3.8, 4) is 0 Å². The Hall–Kier alpha value is -1.35. The van der Waals surface area contributed by atoms with Crippen molar-refractivity contribution in [3.05, 3.63) is 36.0 Å². The third-order valence-electron chi connectivity index (χ3n) is 3.61. The molecule has 0 radical (unpaired) electrons. The predicted octanol–water partition coefficient (Wildman–Crippen LogP) is 4.53. The standard InChI is InChI=1S/C16H19NOS/c1-3-11(2)6-8-14(18)12-7-9-15(19)16-13(12)5-4-10-17-16/h4-5,7,9-11,19H,3,6,8H2,1-2H3. The van der Waals surface area contributed by atoms with Crippen LogP contribution < -0.4 is 0 Å². The molecular weight excluding hydrogens is 254 g/mol. The van der Waals surface area contributed by atoms with Crippen molar-refractivity contribution in [1.29, 1.82) is 0 Å². The average Bonchev–Trinajstić information content (AvgIpc) is 2.45. The van der Waals surface area contributed by atoms with Gasteiger partial charge in [0, 0.05) is 28.5 Å². The Morgan fingerprint density at radius 1 is 1.37 bits per heavy atom. The van der Waals surface area contributed by atoms with E-state index in [9.17, 15) is 4.79 Å². The second-order valence-corrected chi connectivity index (χ2v) is 5.49. The number of benzene rings is 1. The van der Waals surface area contributed by atoms with Crippen LogP contribution in [0.15, 0.2) is 35.4 Å². The van der Waals surface area contributed by atoms with E-state index in [-0.39, 0.29) is 5.78 Å². The van der Waals surface area contributed by atoms with Crippen molar-refractivity contribution >= 4 is 29.3 Å². The Morgan fingerprint density at radius 2 is 2.16 bits per heavy atom. The van der Waals surface area contributed by atoms with Gasteiger partial charge in [-0.15, -0.1) is 12.6 Å². The maximum Gasteiger partial charge on any atom is 0.163 e. The minimum absolute atomic E-state index is 0.201. The smallest absolute Gasteiger partial charge is 0.163 e. The van der Waals surface area contributed by atoms with E-state index >= 15 is 0 Å². The van der Waals surface area contributed by atoms with E-state index in [4.69, 9.17) is 0 Å². The lowest BCUT2D eigenvalue weighted by atomic mass is 9.96. The van der Waals surface area contributed by atoms with Gasteiger partial charge in [0.25, 0.3) is 0 Å². The third-order valence-corrected chi connectivity index (χ3v) is 3.97. The van der Waals surface area contributed by atoms with Crippen molar-refractivity contribution < 1.29 is 4.79 Å². The summed E-state index contributed by atoms with van der Waals surface area (Å²) in [5.74, 6) is 0.795. The molecule has 0 saturated heterocycles. The summed E-state index contributed by atoms with van der Waals surface area (Å²) in [4.78, 5) is 17.5. The first-order valence-corrected chi connectivity index (χ1v) is 7.18. The maximum absolute atomic E-state index is 12.3. The summed E-state index contributed by atoms with van der Waals surface area (Å²) in [5, 5.41) is 0.907. The van der Waals surface area contributed by atoms with E-state index in [0.717, 1.165) is 34.2 Å². The lowest BCUT2D eigenvalue weighted by molar-refractivity contribution is 0.0976. The first kappa shape index (κ1) is 14.1. The number of rotatable bonds is 5. The summed E-state index contributed by atoms with van der Waals surface area (Å²) in [5.41, 5.74) is 1.57.